The minimum absolute atomic E-state index is 0.195. The number of aromatic nitrogens is 2. The SMILES string of the molecule is CCN(CC)c1ccc(NC(C)c2csc(C)n2)cn1. The zero-order valence-corrected chi connectivity index (χ0v) is 13.4. The lowest BCUT2D eigenvalue weighted by atomic mass is 10.2. The molecule has 0 aliphatic heterocycles. The Labute approximate surface area is 124 Å². The quantitative estimate of drug-likeness (QED) is 0.877. The van der Waals surface area contributed by atoms with E-state index < -0.39 is 0 Å². The molecule has 0 aromatic carbocycles. The number of thiazole rings is 1. The maximum Gasteiger partial charge on any atom is 0.128 e. The first-order valence-corrected chi connectivity index (χ1v) is 7.91. The van der Waals surface area contributed by atoms with Gasteiger partial charge < -0.3 is 10.2 Å². The molecule has 0 saturated carbocycles. The van der Waals surface area contributed by atoms with Crippen molar-refractivity contribution in [3.05, 3.63) is 34.4 Å². The third-order valence-electron chi connectivity index (χ3n) is 3.30. The lowest BCUT2D eigenvalue weighted by Crippen LogP contribution is -2.22. The summed E-state index contributed by atoms with van der Waals surface area (Å²) in [5.74, 6) is 1.03. The van der Waals surface area contributed by atoms with Crippen molar-refractivity contribution in [3.63, 3.8) is 0 Å². The molecule has 4 nitrogen and oxygen atoms in total. The topological polar surface area (TPSA) is 41.0 Å². The first-order chi connectivity index (χ1) is 9.63. The smallest absolute Gasteiger partial charge is 0.128 e. The van der Waals surface area contributed by atoms with Gasteiger partial charge in [0, 0.05) is 18.5 Å². The Bertz CT molecular complexity index is 531. The number of nitrogens with one attached hydrogen (secondary N) is 1. The van der Waals surface area contributed by atoms with Crippen LogP contribution in [0, 0.1) is 6.92 Å². The molecule has 0 aliphatic rings. The van der Waals surface area contributed by atoms with Gasteiger partial charge in [0.2, 0.25) is 0 Å². The highest BCUT2D eigenvalue weighted by Crippen LogP contribution is 2.21. The van der Waals surface area contributed by atoms with Crippen LogP contribution in [-0.4, -0.2) is 23.1 Å². The summed E-state index contributed by atoms with van der Waals surface area (Å²) in [6.07, 6.45) is 1.89. The summed E-state index contributed by atoms with van der Waals surface area (Å²) in [6, 6.07) is 4.34. The van der Waals surface area contributed by atoms with Crippen LogP contribution in [0.5, 0.6) is 0 Å². The molecule has 0 amide bonds. The van der Waals surface area contributed by atoms with E-state index in [1.807, 2.05) is 13.1 Å². The largest absolute Gasteiger partial charge is 0.376 e. The second kappa shape index (κ2) is 6.70. The van der Waals surface area contributed by atoms with Crippen molar-refractivity contribution in [2.24, 2.45) is 0 Å². The molecule has 5 heteroatoms. The van der Waals surface area contributed by atoms with E-state index in [1.165, 1.54) is 0 Å². The third kappa shape index (κ3) is 3.48. The van der Waals surface area contributed by atoms with Crippen molar-refractivity contribution >= 4 is 22.8 Å². The van der Waals surface area contributed by atoms with Crippen LogP contribution in [0.3, 0.4) is 0 Å². The van der Waals surface area contributed by atoms with Gasteiger partial charge in [0.05, 0.1) is 28.6 Å². The Morgan fingerprint density at radius 3 is 2.55 bits per heavy atom. The number of anilines is 2. The average Bonchev–Trinajstić information content (AvgIpc) is 2.89. The number of hydrogen-bond donors (Lipinski definition) is 1. The van der Waals surface area contributed by atoms with Crippen LogP contribution in [0.4, 0.5) is 11.5 Å². The minimum atomic E-state index is 0.195. The summed E-state index contributed by atoms with van der Waals surface area (Å²) < 4.78 is 0. The zero-order valence-electron chi connectivity index (χ0n) is 12.6. The molecule has 0 radical (unpaired) electrons. The lowest BCUT2D eigenvalue weighted by molar-refractivity contribution is 0.835. The van der Waals surface area contributed by atoms with E-state index in [1.54, 1.807) is 11.3 Å². The second-order valence-corrected chi connectivity index (χ2v) is 5.80. The fourth-order valence-electron chi connectivity index (χ4n) is 2.11. The van der Waals surface area contributed by atoms with Crippen LogP contribution < -0.4 is 10.2 Å². The molecule has 20 heavy (non-hydrogen) atoms. The zero-order chi connectivity index (χ0) is 14.5. The van der Waals surface area contributed by atoms with Gasteiger partial charge in [-0.3, -0.25) is 0 Å². The number of aryl methyl sites for hydroxylation is 1. The summed E-state index contributed by atoms with van der Waals surface area (Å²) >= 11 is 1.68. The van der Waals surface area contributed by atoms with Gasteiger partial charge in [-0.15, -0.1) is 11.3 Å². The molecule has 108 valence electrons. The first-order valence-electron chi connectivity index (χ1n) is 7.03. The predicted octanol–water partition coefficient (Wildman–Crippen LogP) is 3.87. The summed E-state index contributed by atoms with van der Waals surface area (Å²) in [7, 11) is 0. The van der Waals surface area contributed by atoms with Gasteiger partial charge in [0.15, 0.2) is 0 Å². The van der Waals surface area contributed by atoms with Crippen molar-refractivity contribution in [1.82, 2.24) is 9.97 Å². The molecule has 0 aliphatic carbocycles. The summed E-state index contributed by atoms with van der Waals surface area (Å²) in [6.45, 7) is 10.4. The van der Waals surface area contributed by atoms with E-state index in [-0.39, 0.29) is 6.04 Å². The van der Waals surface area contributed by atoms with Gasteiger partial charge in [0.25, 0.3) is 0 Å². The van der Waals surface area contributed by atoms with Crippen LogP contribution in [0.25, 0.3) is 0 Å². The molecule has 2 heterocycles. The molecule has 0 fully saturated rings. The van der Waals surface area contributed by atoms with Crippen molar-refractivity contribution in [1.29, 1.82) is 0 Å². The number of pyridine rings is 1. The summed E-state index contributed by atoms with van der Waals surface area (Å²) in [4.78, 5) is 11.3. The van der Waals surface area contributed by atoms with Gasteiger partial charge in [-0.2, -0.15) is 0 Å². The molecule has 2 aromatic rings. The van der Waals surface area contributed by atoms with Crippen LogP contribution in [-0.2, 0) is 0 Å². The standard InChI is InChI=1S/C15H22N4S/c1-5-19(6-2)15-8-7-13(9-16-15)17-11(3)14-10-20-12(4)18-14/h7-11,17H,5-6H2,1-4H3. The molecule has 1 N–H and O–H groups in total. The van der Waals surface area contributed by atoms with Gasteiger partial charge in [-0.05, 0) is 39.8 Å². The molecular formula is C15H22N4S. The molecule has 1 unspecified atom stereocenters. The Morgan fingerprint density at radius 2 is 2.05 bits per heavy atom. The van der Waals surface area contributed by atoms with Crippen LogP contribution in [0.15, 0.2) is 23.7 Å². The Hall–Kier alpha value is -1.62. The van der Waals surface area contributed by atoms with Crippen molar-refractivity contribution < 1.29 is 0 Å². The highest BCUT2D eigenvalue weighted by molar-refractivity contribution is 7.09. The Balaban J connectivity index is 2.03. The van der Waals surface area contributed by atoms with E-state index in [0.717, 1.165) is 35.3 Å². The van der Waals surface area contributed by atoms with E-state index in [4.69, 9.17) is 0 Å². The maximum absolute atomic E-state index is 4.52. The van der Waals surface area contributed by atoms with E-state index in [2.05, 4.69) is 58.5 Å². The molecule has 0 saturated heterocycles. The normalized spacial score (nSPS) is 12.2. The number of rotatable bonds is 6. The third-order valence-corrected chi connectivity index (χ3v) is 4.09. The van der Waals surface area contributed by atoms with Crippen molar-refractivity contribution in [2.45, 2.75) is 33.7 Å². The Kier molecular flexibility index (Phi) is 4.95. The highest BCUT2D eigenvalue weighted by atomic mass is 32.1. The van der Waals surface area contributed by atoms with Crippen molar-refractivity contribution in [3.8, 4) is 0 Å². The van der Waals surface area contributed by atoms with Gasteiger partial charge >= 0.3 is 0 Å². The van der Waals surface area contributed by atoms with Gasteiger partial charge in [-0.25, -0.2) is 9.97 Å². The molecule has 0 bridgehead atoms. The molecule has 1 atom stereocenters. The Morgan fingerprint density at radius 1 is 1.30 bits per heavy atom. The van der Waals surface area contributed by atoms with Crippen LogP contribution in [0.2, 0.25) is 0 Å². The van der Waals surface area contributed by atoms with E-state index in [9.17, 15) is 0 Å². The predicted molar refractivity (Wildman–Crippen MR) is 86.7 cm³/mol. The van der Waals surface area contributed by atoms with Crippen molar-refractivity contribution in [2.75, 3.05) is 23.3 Å². The summed E-state index contributed by atoms with van der Waals surface area (Å²) in [5, 5.41) is 6.64. The fourth-order valence-corrected chi connectivity index (χ4v) is 2.82. The molecule has 0 spiro atoms. The van der Waals surface area contributed by atoms with Crippen LogP contribution in [0.1, 0.15) is 37.5 Å². The lowest BCUT2D eigenvalue weighted by Gasteiger charge is -2.20. The van der Waals surface area contributed by atoms with Gasteiger partial charge in [0.1, 0.15) is 5.82 Å². The monoisotopic (exact) mass is 290 g/mol. The average molecular weight is 290 g/mol. The molecular weight excluding hydrogens is 268 g/mol. The maximum atomic E-state index is 4.52. The molecule has 2 rings (SSSR count). The second-order valence-electron chi connectivity index (χ2n) is 4.73. The summed E-state index contributed by atoms with van der Waals surface area (Å²) in [5.41, 5.74) is 2.11. The number of hydrogen-bond acceptors (Lipinski definition) is 5. The fraction of sp³-hybridized carbons (Fsp3) is 0.467. The molecule has 2 aromatic heterocycles. The number of nitrogens with zero attached hydrogens (tertiary/aromatic N) is 3. The highest BCUT2D eigenvalue weighted by Gasteiger charge is 2.09. The van der Waals surface area contributed by atoms with Gasteiger partial charge in [-0.1, -0.05) is 0 Å². The minimum Gasteiger partial charge on any atom is -0.376 e. The van der Waals surface area contributed by atoms with E-state index >= 15 is 0 Å². The van der Waals surface area contributed by atoms with Crippen LogP contribution >= 0.6 is 11.3 Å². The van der Waals surface area contributed by atoms with E-state index in [0.29, 0.717) is 0 Å². The first kappa shape index (κ1) is 14.8.